The molecule has 1 saturated carbocycles. The van der Waals surface area contributed by atoms with Crippen molar-refractivity contribution in [2.24, 2.45) is 5.92 Å². The Hall–Kier alpha value is -0.0900. The number of hydrogen-bond donors (Lipinski definition) is 0. The summed E-state index contributed by atoms with van der Waals surface area (Å²) in [6.07, 6.45) is 2.51. The molecule has 4 heteroatoms. The number of hydrogen-bond acceptors (Lipinski definition) is 3. The minimum Gasteiger partial charge on any atom is -0.226 e. The Labute approximate surface area is 103 Å². The van der Waals surface area contributed by atoms with Crippen LogP contribution in [0.2, 0.25) is 0 Å². The summed E-state index contributed by atoms with van der Waals surface area (Å²) in [7, 11) is 0. The van der Waals surface area contributed by atoms with Crippen LogP contribution in [0.4, 0.5) is 0 Å². The molecule has 0 amide bonds. The molecule has 0 saturated heterocycles. The average molecular weight is 287 g/mol. The SMILES string of the molecule is CC(C)CSc1cc(Br)nc(C2CC2)n1. The van der Waals surface area contributed by atoms with Crippen molar-refractivity contribution in [1.29, 1.82) is 0 Å². The monoisotopic (exact) mass is 286 g/mol. The molecule has 1 aromatic rings. The fraction of sp³-hybridized carbons (Fsp3) is 0.636. The van der Waals surface area contributed by atoms with E-state index in [1.54, 1.807) is 0 Å². The van der Waals surface area contributed by atoms with Crippen molar-refractivity contribution in [2.75, 3.05) is 5.75 Å². The van der Waals surface area contributed by atoms with Crippen molar-refractivity contribution in [3.63, 3.8) is 0 Å². The van der Waals surface area contributed by atoms with Crippen LogP contribution in [-0.4, -0.2) is 15.7 Å². The highest BCUT2D eigenvalue weighted by Gasteiger charge is 2.27. The normalized spacial score (nSPS) is 16.0. The summed E-state index contributed by atoms with van der Waals surface area (Å²) < 4.78 is 0.922. The molecule has 0 unspecified atom stereocenters. The van der Waals surface area contributed by atoms with Gasteiger partial charge >= 0.3 is 0 Å². The van der Waals surface area contributed by atoms with E-state index in [0.717, 1.165) is 21.2 Å². The Morgan fingerprint density at radius 3 is 2.80 bits per heavy atom. The van der Waals surface area contributed by atoms with Crippen LogP contribution < -0.4 is 0 Å². The average Bonchev–Trinajstić information content (AvgIpc) is 2.97. The summed E-state index contributed by atoms with van der Waals surface area (Å²) in [6.45, 7) is 4.45. The molecule has 0 aliphatic heterocycles. The highest BCUT2D eigenvalue weighted by molar-refractivity contribution is 9.10. The lowest BCUT2D eigenvalue weighted by Crippen LogP contribution is -1.97. The van der Waals surface area contributed by atoms with Crippen LogP contribution in [0.1, 0.15) is 38.4 Å². The predicted octanol–water partition coefficient (Wildman–Crippen LogP) is 3.86. The quantitative estimate of drug-likeness (QED) is 0.621. The highest BCUT2D eigenvalue weighted by atomic mass is 79.9. The summed E-state index contributed by atoms with van der Waals surface area (Å²) in [5.74, 6) is 3.47. The lowest BCUT2D eigenvalue weighted by molar-refractivity contribution is 0.748. The molecule has 15 heavy (non-hydrogen) atoms. The van der Waals surface area contributed by atoms with Gasteiger partial charge in [0.25, 0.3) is 0 Å². The largest absolute Gasteiger partial charge is 0.226 e. The maximum atomic E-state index is 4.59. The summed E-state index contributed by atoms with van der Waals surface area (Å²) in [6, 6.07) is 2.01. The van der Waals surface area contributed by atoms with Crippen LogP contribution in [0.25, 0.3) is 0 Å². The zero-order chi connectivity index (χ0) is 10.8. The minimum atomic E-state index is 0.626. The molecule has 2 rings (SSSR count). The van der Waals surface area contributed by atoms with Crippen molar-refractivity contribution in [1.82, 2.24) is 9.97 Å². The molecule has 0 atom stereocenters. The Balaban J connectivity index is 2.09. The third-order valence-electron chi connectivity index (χ3n) is 2.20. The van der Waals surface area contributed by atoms with Gasteiger partial charge in [0.15, 0.2) is 0 Å². The standard InChI is InChI=1S/C11H15BrN2S/c1-7(2)6-15-10-5-9(12)13-11(14-10)8-3-4-8/h5,7-8H,3-4,6H2,1-2H3. The fourth-order valence-corrected chi connectivity index (χ4v) is 2.67. The first-order valence-corrected chi connectivity index (χ1v) is 7.10. The third kappa shape index (κ3) is 3.45. The van der Waals surface area contributed by atoms with Gasteiger partial charge in [0.05, 0.1) is 0 Å². The lowest BCUT2D eigenvalue weighted by atomic mass is 10.3. The van der Waals surface area contributed by atoms with Gasteiger partial charge in [0, 0.05) is 17.7 Å². The first kappa shape index (κ1) is 11.4. The molecule has 0 N–H and O–H groups in total. The van der Waals surface area contributed by atoms with Gasteiger partial charge in [-0.1, -0.05) is 13.8 Å². The van der Waals surface area contributed by atoms with Crippen LogP contribution in [-0.2, 0) is 0 Å². The molecule has 1 heterocycles. The Morgan fingerprint density at radius 2 is 2.20 bits per heavy atom. The van der Waals surface area contributed by atoms with Crippen molar-refractivity contribution >= 4 is 27.7 Å². The van der Waals surface area contributed by atoms with E-state index < -0.39 is 0 Å². The first-order valence-electron chi connectivity index (χ1n) is 5.32. The third-order valence-corrected chi connectivity index (χ3v) is 3.94. The van der Waals surface area contributed by atoms with E-state index in [4.69, 9.17) is 0 Å². The van der Waals surface area contributed by atoms with Gasteiger partial charge in [0.2, 0.25) is 0 Å². The second-order valence-electron chi connectivity index (χ2n) is 4.37. The second-order valence-corrected chi connectivity index (χ2v) is 6.22. The zero-order valence-corrected chi connectivity index (χ0v) is 11.4. The molecule has 1 aromatic heterocycles. The molecule has 0 aromatic carbocycles. The van der Waals surface area contributed by atoms with E-state index in [1.807, 2.05) is 17.8 Å². The van der Waals surface area contributed by atoms with Crippen LogP contribution >= 0.6 is 27.7 Å². The van der Waals surface area contributed by atoms with Gasteiger partial charge in [-0.2, -0.15) is 0 Å². The molecule has 1 fully saturated rings. The van der Waals surface area contributed by atoms with Crippen LogP contribution in [0.15, 0.2) is 15.7 Å². The number of nitrogens with zero attached hydrogens (tertiary/aromatic N) is 2. The van der Waals surface area contributed by atoms with Crippen molar-refractivity contribution in [3.8, 4) is 0 Å². The number of aromatic nitrogens is 2. The van der Waals surface area contributed by atoms with E-state index in [-0.39, 0.29) is 0 Å². The van der Waals surface area contributed by atoms with Gasteiger partial charge in [0.1, 0.15) is 15.5 Å². The van der Waals surface area contributed by atoms with Gasteiger partial charge in [-0.25, -0.2) is 9.97 Å². The van der Waals surface area contributed by atoms with E-state index in [0.29, 0.717) is 11.8 Å². The first-order chi connectivity index (χ1) is 7.15. The fourth-order valence-electron chi connectivity index (χ4n) is 1.26. The molecule has 0 bridgehead atoms. The number of rotatable bonds is 4. The predicted molar refractivity (Wildman–Crippen MR) is 67.3 cm³/mol. The van der Waals surface area contributed by atoms with Crippen molar-refractivity contribution in [2.45, 2.75) is 37.6 Å². The molecule has 1 aliphatic rings. The number of halogens is 1. The smallest absolute Gasteiger partial charge is 0.134 e. The van der Waals surface area contributed by atoms with Gasteiger partial charge in [-0.3, -0.25) is 0 Å². The lowest BCUT2D eigenvalue weighted by Gasteiger charge is -2.05. The number of thioether (sulfide) groups is 1. The van der Waals surface area contributed by atoms with E-state index in [1.165, 1.54) is 12.8 Å². The summed E-state index contributed by atoms with van der Waals surface area (Å²) in [5, 5.41) is 1.10. The zero-order valence-electron chi connectivity index (χ0n) is 9.03. The van der Waals surface area contributed by atoms with Crippen molar-refractivity contribution < 1.29 is 0 Å². The molecule has 2 nitrogen and oxygen atoms in total. The Kier molecular flexibility index (Phi) is 3.67. The Bertz CT molecular complexity index is 350. The molecular weight excluding hydrogens is 272 g/mol. The van der Waals surface area contributed by atoms with Crippen LogP contribution in [0, 0.1) is 5.92 Å². The van der Waals surface area contributed by atoms with E-state index >= 15 is 0 Å². The van der Waals surface area contributed by atoms with Gasteiger partial charge < -0.3 is 0 Å². The highest BCUT2D eigenvalue weighted by Crippen LogP contribution is 2.39. The maximum absolute atomic E-state index is 4.59. The maximum Gasteiger partial charge on any atom is 0.134 e. The van der Waals surface area contributed by atoms with Crippen LogP contribution in [0.3, 0.4) is 0 Å². The summed E-state index contributed by atoms with van der Waals surface area (Å²) in [5.41, 5.74) is 0. The second kappa shape index (κ2) is 4.83. The molecule has 1 aliphatic carbocycles. The minimum absolute atomic E-state index is 0.626. The molecule has 0 spiro atoms. The van der Waals surface area contributed by atoms with E-state index in [2.05, 4.69) is 39.7 Å². The summed E-state index contributed by atoms with van der Waals surface area (Å²) >= 11 is 5.27. The molecule has 82 valence electrons. The summed E-state index contributed by atoms with van der Waals surface area (Å²) in [4.78, 5) is 9.00. The Morgan fingerprint density at radius 1 is 1.47 bits per heavy atom. The topological polar surface area (TPSA) is 25.8 Å². The van der Waals surface area contributed by atoms with Crippen LogP contribution in [0.5, 0.6) is 0 Å². The molecule has 0 radical (unpaired) electrons. The van der Waals surface area contributed by atoms with E-state index in [9.17, 15) is 0 Å². The van der Waals surface area contributed by atoms with Crippen molar-refractivity contribution in [3.05, 3.63) is 16.5 Å². The van der Waals surface area contributed by atoms with Gasteiger partial charge in [-0.05, 0) is 34.7 Å². The van der Waals surface area contributed by atoms with Gasteiger partial charge in [-0.15, -0.1) is 11.8 Å². The molecular formula is C11H15BrN2S.